The molecule has 0 atom stereocenters. The van der Waals surface area contributed by atoms with Crippen LogP contribution in [0.15, 0.2) is 60.9 Å². The predicted molar refractivity (Wildman–Crippen MR) is 130 cm³/mol. The third-order valence-corrected chi connectivity index (χ3v) is 6.17. The number of esters is 1. The van der Waals surface area contributed by atoms with Gasteiger partial charge in [-0.1, -0.05) is 24.0 Å². The van der Waals surface area contributed by atoms with Gasteiger partial charge in [-0.15, -0.1) is 0 Å². The number of aromatic nitrogens is 2. The number of methoxy groups -OCH3 is 1. The topological polar surface area (TPSA) is 67.8 Å². The fraction of sp³-hybridized carbons (Fsp3) is 0.296. The first-order valence-corrected chi connectivity index (χ1v) is 11.4. The molecule has 3 aromatic rings. The lowest BCUT2D eigenvalue weighted by atomic mass is 10.0. The quantitative estimate of drug-likeness (QED) is 0.444. The molecule has 0 amide bonds. The van der Waals surface area contributed by atoms with Crippen LogP contribution in [-0.2, 0) is 9.47 Å². The van der Waals surface area contributed by atoms with Crippen LogP contribution in [0.3, 0.4) is 0 Å². The molecule has 1 aromatic carbocycles. The Hall–Kier alpha value is -3.73. The minimum Gasteiger partial charge on any atom is -0.465 e. The summed E-state index contributed by atoms with van der Waals surface area (Å²) in [6, 6.07) is 15.8. The van der Waals surface area contributed by atoms with Gasteiger partial charge in [0.15, 0.2) is 0 Å². The lowest BCUT2D eigenvalue weighted by Gasteiger charge is -2.47. The second kappa shape index (κ2) is 10.0. The number of carbonyl (C=O) groups excluding carboxylic acids is 1. The van der Waals surface area contributed by atoms with E-state index >= 15 is 0 Å². The molecule has 2 fully saturated rings. The molecule has 172 valence electrons. The highest BCUT2D eigenvalue weighted by molar-refractivity contribution is 5.91. The second-order valence-corrected chi connectivity index (χ2v) is 8.37. The van der Waals surface area contributed by atoms with Crippen LogP contribution in [0, 0.1) is 11.8 Å². The highest BCUT2D eigenvalue weighted by Crippen LogP contribution is 2.28. The zero-order valence-corrected chi connectivity index (χ0v) is 19.1. The molecule has 0 spiro atoms. The molecule has 0 saturated carbocycles. The van der Waals surface area contributed by atoms with Gasteiger partial charge in [-0.05, 0) is 36.4 Å². The van der Waals surface area contributed by atoms with E-state index in [0.29, 0.717) is 11.6 Å². The number of nitrogens with zero attached hydrogens (tertiary/aromatic N) is 4. The number of hydrogen-bond donors (Lipinski definition) is 0. The van der Waals surface area contributed by atoms with Gasteiger partial charge in [-0.3, -0.25) is 9.88 Å². The maximum absolute atomic E-state index is 12.3. The molecule has 7 nitrogen and oxygen atoms in total. The standard InChI is InChI=1S/C27H26N4O3/c1-33-27(32)23-15-25(22-8-6-20(7-9-22)4-5-21-3-2-10-28-17-21)29-26(16-23)31-18-24(19-31)30-11-13-34-14-12-30/h2-3,6-10,15-17,24H,11-14,18-19H2,1H3. The Morgan fingerprint density at radius 3 is 2.53 bits per heavy atom. The number of carbonyl (C=O) groups is 1. The van der Waals surface area contributed by atoms with E-state index in [1.807, 2.05) is 42.5 Å². The summed E-state index contributed by atoms with van der Waals surface area (Å²) in [4.78, 5) is 26.0. The van der Waals surface area contributed by atoms with Crippen LogP contribution in [0.2, 0.25) is 0 Å². The van der Waals surface area contributed by atoms with Crippen molar-refractivity contribution in [2.45, 2.75) is 6.04 Å². The van der Waals surface area contributed by atoms with Crippen molar-refractivity contribution in [1.29, 1.82) is 0 Å². The lowest BCUT2D eigenvalue weighted by molar-refractivity contribution is 0.0104. The van der Waals surface area contributed by atoms with Gasteiger partial charge in [0.05, 0.1) is 31.6 Å². The van der Waals surface area contributed by atoms with Crippen molar-refractivity contribution in [3.8, 4) is 23.1 Å². The summed E-state index contributed by atoms with van der Waals surface area (Å²) in [5.41, 5.74) is 3.92. The van der Waals surface area contributed by atoms with Crippen molar-refractivity contribution in [2.75, 3.05) is 51.4 Å². The van der Waals surface area contributed by atoms with Gasteiger partial charge in [-0.2, -0.15) is 0 Å². The Labute approximate surface area is 199 Å². The fourth-order valence-corrected chi connectivity index (χ4v) is 4.18. The summed E-state index contributed by atoms with van der Waals surface area (Å²) >= 11 is 0. The van der Waals surface area contributed by atoms with Gasteiger partial charge in [0.1, 0.15) is 5.82 Å². The number of pyridine rings is 2. The largest absolute Gasteiger partial charge is 0.465 e. The number of hydrogen-bond acceptors (Lipinski definition) is 7. The Balaban J connectivity index is 1.36. The Morgan fingerprint density at radius 2 is 1.82 bits per heavy atom. The monoisotopic (exact) mass is 454 g/mol. The minimum atomic E-state index is -0.367. The summed E-state index contributed by atoms with van der Waals surface area (Å²) in [5.74, 6) is 6.70. The molecule has 2 aliphatic heterocycles. The average Bonchev–Trinajstić information content (AvgIpc) is 2.87. The third kappa shape index (κ3) is 4.93. The minimum absolute atomic E-state index is 0.367. The van der Waals surface area contributed by atoms with Crippen LogP contribution >= 0.6 is 0 Å². The van der Waals surface area contributed by atoms with E-state index in [4.69, 9.17) is 14.5 Å². The molecular weight excluding hydrogens is 428 g/mol. The van der Waals surface area contributed by atoms with Crippen molar-refractivity contribution in [3.63, 3.8) is 0 Å². The zero-order chi connectivity index (χ0) is 23.3. The van der Waals surface area contributed by atoms with Crippen LogP contribution < -0.4 is 4.90 Å². The lowest BCUT2D eigenvalue weighted by Crippen LogP contribution is -2.61. The van der Waals surface area contributed by atoms with Crippen LogP contribution in [0.1, 0.15) is 21.5 Å². The number of anilines is 1. The molecule has 2 aromatic heterocycles. The maximum atomic E-state index is 12.3. The van der Waals surface area contributed by atoms with Crippen molar-refractivity contribution >= 4 is 11.8 Å². The molecule has 0 radical (unpaired) electrons. The molecule has 0 aliphatic carbocycles. The van der Waals surface area contributed by atoms with E-state index in [-0.39, 0.29) is 5.97 Å². The van der Waals surface area contributed by atoms with Gasteiger partial charge in [0.2, 0.25) is 0 Å². The van der Waals surface area contributed by atoms with Gasteiger partial charge in [0.25, 0.3) is 0 Å². The van der Waals surface area contributed by atoms with Crippen molar-refractivity contribution in [3.05, 3.63) is 77.6 Å². The fourth-order valence-electron chi connectivity index (χ4n) is 4.18. The van der Waals surface area contributed by atoms with E-state index in [9.17, 15) is 4.79 Å². The molecule has 0 bridgehead atoms. The Kier molecular flexibility index (Phi) is 6.52. The highest BCUT2D eigenvalue weighted by Gasteiger charge is 2.33. The predicted octanol–water partition coefficient (Wildman–Crippen LogP) is 2.85. The number of ether oxygens (including phenoxy) is 2. The maximum Gasteiger partial charge on any atom is 0.338 e. The summed E-state index contributed by atoms with van der Waals surface area (Å²) < 4.78 is 10.5. The molecule has 4 heterocycles. The number of benzene rings is 1. The Bertz CT molecular complexity index is 1210. The summed E-state index contributed by atoms with van der Waals surface area (Å²) in [6.07, 6.45) is 3.47. The molecule has 2 aliphatic rings. The average molecular weight is 455 g/mol. The first kappa shape index (κ1) is 22.1. The van der Waals surface area contributed by atoms with E-state index in [1.54, 1.807) is 18.5 Å². The first-order chi connectivity index (χ1) is 16.7. The molecule has 5 rings (SSSR count). The highest BCUT2D eigenvalue weighted by atomic mass is 16.5. The molecule has 7 heteroatoms. The second-order valence-electron chi connectivity index (χ2n) is 8.37. The SMILES string of the molecule is COC(=O)c1cc(-c2ccc(C#Cc3cccnc3)cc2)nc(N2CC(N3CCOCC3)C2)c1. The van der Waals surface area contributed by atoms with E-state index in [0.717, 1.165) is 67.6 Å². The molecule has 34 heavy (non-hydrogen) atoms. The molecule has 0 N–H and O–H groups in total. The van der Waals surface area contributed by atoms with Crippen LogP contribution in [0.25, 0.3) is 11.3 Å². The third-order valence-electron chi connectivity index (χ3n) is 6.17. The van der Waals surface area contributed by atoms with Crippen molar-refractivity contribution in [2.24, 2.45) is 0 Å². The zero-order valence-electron chi connectivity index (χ0n) is 19.1. The van der Waals surface area contributed by atoms with Gasteiger partial charge in [-0.25, -0.2) is 9.78 Å². The van der Waals surface area contributed by atoms with Crippen molar-refractivity contribution < 1.29 is 14.3 Å². The van der Waals surface area contributed by atoms with E-state index in [1.165, 1.54) is 7.11 Å². The number of morpholine rings is 1. The molecule has 2 saturated heterocycles. The molecular formula is C27H26N4O3. The first-order valence-electron chi connectivity index (χ1n) is 11.4. The van der Waals surface area contributed by atoms with Gasteiger partial charge < -0.3 is 14.4 Å². The smallest absolute Gasteiger partial charge is 0.338 e. The van der Waals surface area contributed by atoms with Crippen LogP contribution in [0.5, 0.6) is 0 Å². The van der Waals surface area contributed by atoms with Crippen LogP contribution in [0.4, 0.5) is 5.82 Å². The van der Waals surface area contributed by atoms with E-state index < -0.39 is 0 Å². The summed E-state index contributed by atoms with van der Waals surface area (Å²) in [5, 5.41) is 0. The number of rotatable bonds is 4. The van der Waals surface area contributed by atoms with Crippen molar-refractivity contribution in [1.82, 2.24) is 14.9 Å². The van der Waals surface area contributed by atoms with Gasteiger partial charge in [0, 0.05) is 61.3 Å². The van der Waals surface area contributed by atoms with E-state index in [2.05, 4.69) is 26.6 Å². The Morgan fingerprint density at radius 1 is 1.06 bits per heavy atom. The van der Waals surface area contributed by atoms with Crippen LogP contribution in [-0.4, -0.2) is 73.4 Å². The normalized spacial score (nSPS) is 16.3. The summed E-state index contributed by atoms with van der Waals surface area (Å²) in [7, 11) is 1.40. The summed E-state index contributed by atoms with van der Waals surface area (Å²) in [6.45, 7) is 5.30. The van der Waals surface area contributed by atoms with Gasteiger partial charge >= 0.3 is 5.97 Å². The molecule has 0 unspecified atom stereocenters.